The smallest absolute Gasteiger partial charge is 0.379 e. The number of aromatic nitrogens is 1. The highest BCUT2D eigenvalue weighted by atomic mass is 35.5. The molecule has 1 fully saturated rings. The summed E-state index contributed by atoms with van der Waals surface area (Å²) in [5, 5.41) is 6.50. The van der Waals surface area contributed by atoms with Crippen molar-refractivity contribution in [2.75, 3.05) is 44.8 Å². The Hall–Kier alpha value is -1.74. The van der Waals surface area contributed by atoms with Crippen LogP contribution >= 0.6 is 11.6 Å². The number of rotatable bonds is 7. The summed E-state index contributed by atoms with van der Waals surface area (Å²) in [6.07, 6.45) is -2.84. The van der Waals surface area contributed by atoms with Crippen molar-refractivity contribution in [3.63, 3.8) is 0 Å². The molecule has 10 heteroatoms. The summed E-state index contributed by atoms with van der Waals surface area (Å²) in [5.41, 5.74) is -0.848. The molecule has 2 N–H and O–H groups in total. The molecule has 158 valence electrons. The molecule has 0 amide bonds. The highest BCUT2D eigenvalue weighted by molar-refractivity contribution is 6.33. The third-order valence-corrected chi connectivity index (χ3v) is 4.47. The van der Waals surface area contributed by atoms with E-state index in [-0.39, 0.29) is 11.1 Å². The Kier molecular flexibility index (Phi) is 8.18. The van der Waals surface area contributed by atoms with E-state index < -0.39 is 11.7 Å². The fraction of sp³-hybridized carbons (Fsp3) is 0.667. The van der Waals surface area contributed by atoms with Gasteiger partial charge in [-0.1, -0.05) is 25.4 Å². The number of guanidine groups is 1. The van der Waals surface area contributed by atoms with Crippen LogP contribution in [0.2, 0.25) is 5.02 Å². The number of aliphatic imine (C=N–C) groups is 1. The average Bonchev–Trinajstić information content (AvgIpc) is 3.07. The predicted molar refractivity (Wildman–Crippen MR) is 105 cm³/mol. The topological polar surface area (TPSA) is 61.8 Å². The predicted octanol–water partition coefficient (Wildman–Crippen LogP) is 3.17. The quantitative estimate of drug-likeness (QED) is 0.402. The summed E-state index contributed by atoms with van der Waals surface area (Å²) in [7, 11) is 1.69. The number of halogens is 4. The lowest BCUT2D eigenvalue weighted by molar-refractivity contribution is -0.137. The Morgan fingerprint density at radius 2 is 2.21 bits per heavy atom. The summed E-state index contributed by atoms with van der Waals surface area (Å²) in [4.78, 5) is 9.99. The number of alkyl halides is 3. The molecule has 1 saturated heterocycles. The summed E-state index contributed by atoms with van der Waals surface area (Å²) in [6.45, 7) is 7.34. The zero-order valence-corrected chi connectivity index (χ0v) is 17.1. The summed E-state index contributed by atoms with van der Waals surface area (Å²) in [6, 6.07) is 1.00. The van der Waals surface area contributed by atoms with Crippen LogP contribution in [0.25, 0.3) is 0 Å². The van der Waals surface area contributed by atoms with E-state index in [4.69, 9.17) is 16.3 Å². The molecule has 1 aliphatic heterocycles. The van der Waals surface area contributed by atoms with Gasteiger partial charge in [-0.05, 0) is 18.4 Å². The summed E-state index contributed by atoms with van der Waals surface area (Å²) < 4.78 is 43.8. The van der Waals surface area contributed by atoms with Gasteiger partial charge in [-0.2, -0.15) is 13.2 Å². The second kappa shape index (κ2) is 10.2. The SMILES string of the molecule is CN=C(NCCOCC(C)C)NC1CCN(c2ncc(C(F)(F)F)cc2Cl)C1. The maximum atomic E-state index is 12.8. The highest BCUT2D eigenvalue weighted by Crippen LogP contribution is 2.34. The molecule has 1 atom stereocenters. The summed E-state index contributed by atoms with van der Waals surface area (Å²) >= 11 is 6.04. The van der Waals surface area contributed by atoms with Crippen molar-refractivity contribution in [2.45, 2.75) is 32.5 Å². The lowest BCUT2D eigenvalue weighted by atomic mass is 10.2. The molecular weight excluding hydrogens is 395 g/mol. The van der Waals surface area contributed by atoms with Crippen LogP contribution in [-0.4, -0.2) is 56.9 Å². The maximum absolute atomic E-state index is 12.8. The monoisotopic (exact) mass is 421 g/mol. The van der Waals surface area contributed by atoms with Gasteiger partial charge in [-0.25, -0.2) is 4.98 Å². The molecule has 0 aliphatic carbocycles. The third kappa shape index (κ3) is 6.70. The fourth-order valence-corrected chi connectivity index (χ4v) is 3.12. The van der Waals surface area contributed by atoms with Gasteiger partial charge in [-0.15, -0.1) is 0 Å². The Morgan fingerprint density at radius 3 is 2.82 bits per heavy atom. The first-order valence-electron chi connectivity index (χ1n) is 9.23. The molecule has 2 rings (SSSR count). The number of ether oxygens (including phenoxy) is 1. The van der Waals surface area contributed by atoms with Gasteiger partial charge in [0.2, 0.25) is 0 Å². The van der Waals surface area contributed by atoms with Crippen molar-refractivity contribution < 1.29 is 17.9 Å². The van der Waals surface area contributed by atoms with Crippen molar-refractivity contribution in [3.8, 4) is 0 Å². The highest BCUT2D eigenvalue weighted by Gasteiger charge is 2.33. The van der Waals surface area contributed by atoms with Crippen LogP contribution in [0.5, 0.6) is 0 Å². The lowest BCUT2D eigenvalue weighted by Crippen LogP contribution is -2.45. The molecule has 1 aromatic heterocycles. The van der Waals surface area contributed by atoms with Crippen LogP contribution in [0.15, 0.2) is 17.3 Å². The van der Waals surface area contributed by atoms with Crippen molar-refractivity contribution in [2.24, 2.45) is 10.9 Å². The number of pyridine rings is 1. The molecule has 0 spiro atoms. The van der Waals surface area contributed by atoms with E-state index in [0.717, 1.165) is 18.7 Å². The van der Waals surface area contributed by atoms with E-state index in [1.807, 2.05) is 4.90 Å². The van der Waals surface area contributed by atoms with E-state index in [9.17, 15) is 13.2 Å². The zero-order valence-electron chi connectivity index (χ0n) is 16.3. The first-order chi connectivity index (χ1) is 13.2. The van der Waals surface area contributed by atoms with Crippen molar-refractivity contribution in [1.29, 1.82) is 0 Å². The average molecular weight is 422 g/mol. The Bertz CT molecular complexity index is 669. The van der Waals surface area contributed by atoms with Gasteiger partial charge >= 0.3 is 6.18 Å². The minimum atomic E-state index is -4.46. The number of hydrogen-bond donors (Lipinski definition) is 2. The lowest BCUT2D eigenvalue weighted by Gasteiger charge is -2.21. The second-order valence-electron chi connectivity index (χ2n) is 7.07. The van der Waals surface area contributed by atoms with E-state index in [2.05, 4.69) is 34.5 Å². The van der Waals surface area contributed by atoms with E-state index in [1.165, 1.54) is 0 Å². The normalized spacial score (nSPS) is 18.1. The molecule has 0 saturated carbocycles. The van der Waals surface area contributed by atoms with E-state index in [1.54, 1.807) is 7.05 Å². The molecule has 0 bridgehead atoms. The Labute approximate surface area is 168 Å². The van der Waals surface area contributed by atoms with Gasteiger partial charge in [-0.3, -0.25) is 4.99 Å². The molecule has 0 aromatic carbocycles. The second-order valence-corrected chi connectivity index (χ2v) is 7.48. The molecule has 2 heterocycles. The molecule has 0 radical (unpaired) electrons. The fourth-order valence-electron chi connectivity index (χ4n) is 2.84. The standard InChI is InChI=1S/C18H27ClF3N5O/c1-12(2)11-28-7-5-24-17(23-3)26-14-4-6-27(10-14)16-15(19)8-13(9-25-16)18(20,21)22/h8-9,12,14H,4-7,10-11H2,1-3H3,(H2,23,24,26). The number of nitrogens with zero attached hydrogens (tertiary/aromatic N) is 3. The molecule has 28 heavy (non-hydrogen) atoms. The minimum Gasteiger partial charge on any atom is -0.379 e. The number of hydrogen-bond acceptors (Lipinski definition) is 4. The third-order valence-electron chi connectivity index (χ3n) is 4.19. The van der Waals surface area contributed by atoms with Gasteiger partial charge < -0.3 is 20.3 Å². The van der Waals surface area contributed by atoms with Crippen LogP contribution in [0.1, 0.15) is 25.8 Å². The Morgan fingerprint density at radius 1 is 1.46 bits per heavy atom. The van der Waals surface area contributed by atoms with Crippen molar-refractivity contribution >= 4 is 23.4 Å². The maximum Gasteiger partial charge on any atom is 0.417 e. The van der Waals surface area contributed by atoms with Gasteiger partial charge in [0.15, 0.2) is 5.96 Å². The van der Waals surface area contributed by atoms with Crippen LogP contribution in [0, 0.1) is 5.92 Å². The van der Waals surface area contributed by atoms with Crippen LogP contribution in [-0.2, 0) is 10.9 Å². The van der Waals surface area contributed by atoms with E-state index in [0.29, 0.717) is 50.5 Å². The number of anilines is 1. The van der Waals surface area contributed by atoms with E-state index >= 15 is 0 Å². The van der Waals surface area contributed by atoms with Crippen LogP contribution in [0.3, 0.4) is 0 Å². The molecule has 1 aromatic rings. The van der Waals surface area contributed by atoms with Crippen LogP contribution < -0.4 is 15.5 Å². The minimum absolute atomic E-state index is 0.000262. The summed E-state index contributed by atoms with van der Waals surface area (Å²) in [5.74, 6) is 1.52. The molecule has 6 nitrogen and oxygen atoms in total. The van der Waals surface area contributed by atoms with Gasteiger partial charge in [0.1, 0.15) is 5.82 Å². The number of nitrogens with one attached hydrogen (secondary N) is 2. The van der Waals surface area contributed by atoms with Gasteiger partial charge in [0.05, 0.1) is 17.2 Å². The Balaban J connectivity index is 1.84. The zero-order chi connectivity index (χ0) is 20.7. The molecule has 1 aliphatic rings. The first-order valence-corrected chi connectivity index (χ1v) is 9.61. The largest absolute Gasteiger partial charge is 0.417 e. The van der Waals surface area contributed by atoms with Gasteiger partial charge in [0.25, 0.3) is 0 Å². The van der Waals surface area contributed by atoms with Gasteiger partial charge in [0, 0.05) is 45.5 Å². The van der Waals surface area contributed by atoms with Crippen LogP contribution in [0.4, 0.5) is 19.0 Å². The molecular formula is C18H27ClF3N5O. The molecule has 1 unspecified atom stereocenters. The van der Waals surface area contributed by atoms with Crippen molar-refractivity contribution in [3.05, 3.63) is 22.8 Å². The first kappa shape index (κ1) is 22.5. The van der Waals surface area contributed by atoms with Crippen molar-refractivity contribution in [1.82, 2.24) is 15.6 Å².